The molecule has 1 aromatic heterocycles. The highest BCUT2D eigenvalue weighted by atomic mass is 35.7. The molecule has 1 heterocycles. The van der Waals surface area contributed by atoms with Crippen LogP contribution in [-0.4, -0.2) is 19.5 Å². The van der Waals surface area contributed by atoms with Gasteiger partial charge in [-0.3, -0.25) is 0 Å². The van der Waals surface area contributed by atoms with E-state index in [4.69, 9.17) is 15.8 Å². The molecule has 1 aromatic rings. The molecule has 5 nitrogen and oxygen atoms in total. The van der Waals surface area contributed by atoms with E-state index in [0.29, 0.717) is 0 Å². The second-order valence-corrected chi connectivity index (χ2v) is 4.46. The molecule has 0 radical (unpaired) electrons. The number of carboxylic acids is 1. The Morgan fingerprint density at radius 1 is 1.58 bits per heavy atom. The van der Waals surface area contributed by atoms with Crippen LogP contribution in [0.15, 0.2) is 21.6 Å². The van der Waals surface area contributed by atoms with Crippen molar-refractivity contribution >= 4 is 25.7 Å². The molecule has 1 N–H and O–H groups in total. The lowest BCUT2D eigenvalue weighted by Crippen LogP contribution is -1.92. The average molecular weight is 211 g/mol. The van der Waals surface area contributed by atoms with Crippen molar-refractivity contribution in [2.24, 2.45) is 0 Å². The summed E-state index contributed by atoms with van der Waals surface area (Å²) >= 11 is 0. The largest absolute Gasteiger partial charge is 0.475 e. The topological polar surface area (TPSA) is 84.6 Å². The fourth-order valence-electron chi connectivity index (χ4n) is 0.559. The van der Waals surface area contributed by atoms with Gasteiger partial charge >= 0.3 is 5.97 Å². The standard InChI is InChI=1S/C5H3ClO5S/c6-12(9,10)3-1-4(5(7)8)11-2-3/h1-2H,(H,7,8). The van der Waals surface area contributed by atoms with E-state index in [1.54, 1.807) is 0 Å². The first-order valence-corrected chi connectivity index (χ1v) is 4.98. The van der Waals surface area contributed by atoms with Crippen LogP contribution in [0.25, 0.3) is 0 Å². The van der Waals surface area contributed by atoms with Gasteiger partial charge in [-0.15, -0.1) is 0 Å². The fraction of sp³-hybridized carbons (Fsp3) is 0. The third-order valence-corrected chi connectivity index (χ3v) is 2.38. The van der Waals surface area contributed by atoms with Crippen LogP contribution in [0.2, 0.25) is 0 Å². The van der Waals surface area contributed by atoms with Gasteiger partial charge in [0.1, 0.15) is 11.2 Å². The van der Waals surface area contributed by atoms with Crippen LogP contribution in [-0.2, 0) is 9.05 Å². The maximum absolute atomic E-state index is 10.6. The summed E-state index contributed by atoms with van der Waals surface area (Å²) in [6, 6.07) is 0.838. The van der Waals surface area contributed by atoms with Crippen molar-refractivity contribution in [3.63, 3.8) is 0 Å². The number of hydrogen-bond acceptors (Lipinski definition) is 4. The maximum atomic E-state index is 10.6. The van der Waals surface area contributed by atoms with Gasteiger partial charge in [-0.25, -0.2) is 13.2 Å². The van der Waals surface area contributed by atoms with E-state index in [9.17, 15) is 13.2 Å². The average Bonchev–Trinajstić information content (AvgIpc) is 2.30. The summed E-state index contributed by atoms with van der Waals surface area (Å²) in [6.07, 6.45) is 0.770. The smallest absolute Gasteiger partial charge is 0.371 e. The van der Waals surface area contributed by atoms with E-state index in [1.165, 1.54) is 0 Å². The number of hydrogen-bond donors (Lipinski definition) is 1. The quantitative estimate of drug-likeness (QED) is 0.734. The lowest BCUT2D eigenvalue weighted by Gasteiger charge is -1.82. The molecule has 66 valence electrons. The van der Waals surface area contributed by atoms with Gasteiger partial charge in [0.25, 0.3) is 9.05 Å². The molecule has 0 spiro atoms. The third kappa shape index (κ3) is 1.77. The second kappa shape index (κ2) is 2.80. The normalized spacial score (nSPS) is 11.4. The maximum Gasteiger partial charge on any atom is 0.371 e. The van der Waals surface area contributed by atoms with Crippen LogP contribution in [0.3, 0.4) is 0 Å². The minimum Gasteiger partial charge on any atom is -0.475 e. The van der Waals surface area contributed by atoms with E-state index in [-0.39, 0.29) is 4.90 Å². The third-order valence-electron chi connectivity index (χ3n) is 1.07. The number of carboxylic acid groups (broad SMARTS) is 1. The molecule has 0 aliphatic heterocycles. The Kier molecular flexibility index (Phi) is 2.12. The van der Waals surface area contributed by atoms with Gasteiger partial charge in [0.2, 0.25) is 5.76 Å². The number of aromatic carboxylic acids is 1. The monoisotopic (exact) mass is 210 g/mol. The van der Waals surface area contributed by atoms with Gasteiger partial charge in [-0.2, -0.15) is 0 Å². The Hall–Kier alpha value is -1.01. The van der Waals surface area contributed by atoms with Crippen LogP contribution in [0.4, 0.5) is 0 Å². The SMILES string of the molecule is O=C(O)c1cc(S(=O)(=O)Cl)co1. The van der Waals surface area contributed by atoms with Crippen LogP contribution < -0.4 is 0 Å². The van der Waals surface area contributed by atoms with E-state index in [2.05, 4.69) is 4.42 Å². The molecule has 1 rings (SSSR count). The number of halogens is 1. The zero-order valence-corrected chi connectivity index (χ0v) is 7.09. The molecule has 0 bridgehead atoms. The Morgan fingerprint density at radius 3 is 2.42 bits per heavy atom. The minimum atomic E-state index is -3.90. The molecule has 0 aliphatic carbocycles. The molecule has 0 aliphatic rings. The van der Waals surface area contributed by atoms with E-state index in [0.717, 1.165) is 12.3 Å². The van der Waals surface area contributed by atoms with Crippen molar-refractivity contribution in [2.45, 2.75) is 4.90 Å². The summed E-state index contributed by atoms with van der Waals surface area (Å²) in [5.41, 5.74) is 0. The molecular weight excluding hydrogens is 208 g/mol. The number of rotatable bonds is 2. The number of carbonyl (C=O) groups is 1. The molecule has 0 unspecified atom stereocenters. The van der Waals surface area contributed by atoms with E-state index < -0.39 is 20.8 Å². The van der Waals surface area contributed by atoms with Crippen molar-refractivity contribution < 1.29 is 22.7 Å². The highest BCUT2D eigenvalue weighted by molar-refractivity contribution is 8.13. The molecule has 0 aromatic carbocycles. The highest BCUT2D eigenvalue weighted by Gasteiger charge is 2.16. The lowest BCUT2D eigenvalue weighted by molar-refractivity contribution is 0.0662. The fourth-order valence-corrected chi connectivity index (χ4v) is 1.21. The summed E-state index contributed by atoms with van der Waals surface area (Å²) in [5.74, 6) is -1.81. The van der Waals surface area contributed by atoms with Crippen molar-refractivity contribution in [1.82, 2.24) is 0 Å². The number of furan rings is 1. The second-order valence-electron chi connectivity index (χ2n) is 1.89. The van der Waals surface area contributed by atoms with Crippen molar-refractivity contribution in [3.8, 4) is 0 Å². The van der Waals surface area contributed by atoms with E-state index in [1.807, 2.05) is 0 Å². The van der Waals surface area contributed by atoms with Gasteiger partial charge in [0.05, 0.1) is 0 Å². The van der Waals surface area contributed by atoms with Crippen LogP contribution in [0, 0.1) is 0 Å². The first kappa shape index (κ1) is 9.08. The van der Waals surface area contributed by atoms with Gasteiger partial charge < -0.3 is 9.52 Å². The summed E-state index contributed by atoms with van der Waals surface area (Å²) in [5, 5.41) is 8.33. The Balaban J connectivity index is 3.17. The highest BCUT2D eigenvalue weighted by Crippen LogP contribution is 2.17. The molecular formula is C5H3ClO5S. The zero-order valence-electron chi connectivity index (χ0n) is 5.52. The van der Waals surface area contributed by atoms with Gasteiger partial charge in [0.15, 0.2) is 0 Å². The summed E-state index contributed by atoms with van der Waals surface area (Å²) in [6.45, 7) is 0. The molecule has 0 amide bonds. The summed E-state index contributed by atoms with van der Waals surface area (Å²) in [4.78, 5) is 9.85. The minimum absolute atomic E-state index is 0.360. The first-order chi connectivity index (χ1) is 5.41. The van der Waals surface area contributed by atoms with Crippen LogP contribution >= 0.6 is 10.7 Å². The van der Waals surface area contributed by atoms with Crippen LogP contribution in [0.5, 0.6) is 0 Å². The van der Waals surface area contributed by atoms with Gasteiger partial charge in [-0.1, -0.05) is 0 Å². The first-order valence-electron chi connectivity index (χ1n) is 2.68. The Morgan fingerprint density at radius 2 is 2.17 bits per heavy atom. The molecule has 7 heteroatoms. The lowest BCUT2D eigenvalue weighted by atomic mass is 10.5. The van der Waals surface area contributed by atoms with Gasteiger partial charge in [0, 0.05) is 16.7 Å². The molecule has 0 saturated carbocycles. The van der Waals surface area contributed by atoms with Crippen molar-refractivity contribution in [3.05, 3.63) is 18.1 Å². The molecule has 12 heavy (non-hydrogen) atoms. The Bertz CT molecular complexity index is 403. The molecule has 0 saturated heterocycles. The van der Waals surface area contributed by atoms with Crippen LogP contribution in [0.1, 0.15) is 10.6 Å². The van der Waals surface area contributed by atoms with Crippen molar-refractivity contribution in [2.75, 3.05) is 0 Å². The van der Waals surface area contributed by atoms with E-state index >= 15 is 0 Å². The predicted molar refractivity (Wildman–Crippen MR) is 38.7 cm³/mol. The predicted octanol–water partition coefficient (Wildman–Crippen LogP) is 0.905. The van der Waals surface area contributed by atoms with Crippen molar-refractivity contribution in [1.29, 1.82) is 0 Å². The summed E-state index contributed by atoms with van der Waals surface area (Å²) in [7, 11) is 0.995. The molecule has 0 atom stereocenters. The summed E-state index contributed by atoms with van der Waals surface area (Å²) < 4.78 is 25.6. The zero-order chi connectivity index (χ0) is 9.35. The molecule has 0 fully saturated rings. The Labute approximate surface area is 72.0 Å². The van der Waals surface area contributed by atoms with Gasteiger partial charge in [-0.05, 0) is 0 Å².